The van der Waals surface area contributed by atoms with Crippen molar-refractivity contribution < 1.29 is 4.92 Å². The van der Waals surface area contributed by atoms with Crippen molar-refractivity contribution in [2.75, 3.05) is 19.6 Å². The summed E-state index contributed by atoms with van der Waals surface area (Å²) in [6.07, 6.45) is 0.985. The van der Waals surface area contributed by atoms with E-state index in [0.29, 0.717) is 5.92 Å². The van der Waals surface area contributed by atoms with E-state index in [1.54, 1.807) is 23.5 Å². The number of nitrogens with zero attached hydrogens (tertiary/aromatic N) is 4. The minimum atomic E-state index is -0.343. The number of hydrogen-bond acceptors (Lipinski definition) is 5. The number of nitro groups is 1. The predicted octanol–water partition coefficient (Wildman–Crippen LogP) is 6.21. The molecule has 0 spiro atoms. The highest BCUT2D eigenvalue weighted by molar-refractivity contribution is 7.07. The van der Waals surface area contributed by atoms with E-state index < -0.39 is 0 Å². The highest BCUT2D eigenvalue weighted by Gasteiger charge is 2.13. The first-order chi connectivity index (χ1) is 15.4. The lowest BCUT2D eigenvalue weighted by Crippen LogP contribution is -2.26. The minimum absolute atomic E-state index is 0.104. The van der Waals surface area contributed by atoms with Gasteiger partial charge in [0.15, 0.2) is 4.80 Å². The van der Waals surface area contributed by atoms with Crippen LogP contribution < -0.4 is 4.80 Å². The van der Waals surface area contributed by atoms with Gasteiger partial charge >= 0.3 is 0 Å². The molecule has 0 aliphatic rings. The van der Waals surface area contributed by atoms with Crippen LogP contribution in [0, 0.1) is 10.1 Å². The van der Waals surface area contributed by atoms with Gasteiger partial charge in [0.2, 0.25) is 0 Å². The van der Waals surface area contributed by atoms with E-state index in [-0.39, 0.29) is 10.6 Å². The molecule has 0 saturated heterocycles. The zero-order valence-electron chi connectivity index (χ0n) is 19.3. The first-order valence-corrected chi connectivity index (χ1v) is 12.1. The minimum Gasteiger partial charge on any atom is -0.316 e. The average molecular weight is 453 g/mol. The molecule has 3 rings (SSSR count). The number of non-ortho nitro benzene ring substituents is 1. The van der Waals surface area contributed by atoms with Gasteiger partial charge in [-0.25, -0.2) is 4.99 Å². The van der Waals surface area contributed by atoms with E-state index in [1.807, 2.05) is 12.1 Å². The largest absolute Gasteiger partial charge is 0.316 e. The number of thiazole rings is 1. The van der Waals surface area contributed by atoms with Gasteiger partial charge in [-0.2, -0.15) is 0 Å². The van der Waals surface area contributed by atoms with Crippen LogP contribution in [-0.4, -0.2) is 34.0 Å². The Kier molecular flexibility index (Phi) is 8.36. The third-order valence-electron chi connectivity index (χ3n) is 5.68. The van der Waals surface area contributed by atoms with Crippen LogP contribution >= 0.6 is 11.3 Å². The molecule has 1 heterocycles. The Bertz CT molecular complexity index is 1110. The highest BCUT2D eigenvalue weighted by atomic mass is 32.1. The van der Waals surface area contributed by atoms with Crippen LogP contribution in [0.3, 0.4) is 0 Å². The van der Waals surface area contributed by atoms with Gasteiger partial charge in [0.1, 0.15) is 0 Å². The molecule has 0 aliphatic heterocycles. The molecule has 0 bridgehead atoms. The van der Waals surface area contributed by atoms with Crippen LogP contribution in [-0.2, 0) is 6.54 Å². The van der Waals surface area contributed by atoms with Crippen molar-refractivity contribution in [3.63, 3.8) is 0 Å². The van der Waals surface area contributed by atoms with Crippen molar-refractivity contribution in [2.45, 2.75) is 46.6 Å². The van der Waals surface area contributed by atoms with Gasteiger partial charge in [-0.15, -0.1) is 11.3 Å². The number of aromatic nitrogens is 1. The standard InChI is InChI=1S/C25H32N4O2S/c1-5-27(6-2)15-10-16-28-24(20-11-9-12-21(17-20)29(30)31)18-32-25(28)26-23-14-8-7-13-22(23)19(3)4/h7-9,11-14,17-19H,5-6,10,15-16H2,1-4H3. The summed E-state index contributed by atoms with van der Waals surface area (Å²) in [4.78, 5) is 19.3. The smallest absolute Gasteiger partial charge is 0.270 e. The van der Waals surface area contributed by atoms with Gasteiger partial charge in [0.05, 0.1) is 16.3 Å². The molecule has 2 aromatic carbocycles. The van der Waals surface area contributed by atoms with Crippen LogP contribution in [0.25, 0.3) is 11.3 Å². The Morgan fingerprint density at radius 2 is 1.88 bits per heavy atom. The van der Waals surface area contributed by atoms with Crippen molar-refractivity contribution in [3.8, 4) is 11.3 Å². The number of para-hydroxylation sites is 1. The van der Waals surface area contributed by atoms with Gasteiger partial charge in [0.25, 0.3) is 5.69 Å². The molecule has 7 heteroatoms. The van der Waals surface area contributed by atoms with Crippen LogP contribution in [0.1, 0.15) is 45.6 Å². The summed E-state index contributed by atoms with van der Waals surface area (Å²) in [6, 6.07) is 15.1. The summed E-state index contributed by atoms with van der Waals surface area (Å²) in [5, 5.41) is 13.4. The third-order valence-corrected chi connectivity index (χ3v) is 6.54. The maximum absolute atomic E-state index is 11.3. The second-order valence-electron chi connectivity index (χ2n) is 8.07. The Hall–Kier alpha value is -2.77. The summed E-state index contributed by atoms with van der Waals surface area (Å²) in [7, 11) is 0. The molecule has 32 heavy (non-hydrogen) atoms. The lowest BCUT2D eigenvalue weighted by molar-refractivity contribution is -0.384. The molecule has 6 nitrogen and oxygen atoms in total. The van der Waals surface area contributed by atoms with Crippen molar-refractivity contribution in [1.29, 1.82) is 0 Å². The Labute approximate surface area is 194 Å². The molecule has 0 unspecified atom stereocenters. The molecule has 0 atom stereocenters. The van der Waals surface area contributed by atoms with Crippen molar-refractivity contribution >= 4 is 22.7 Å². The number of nitro benzene ring substituents is 1. The fourth-order valence-corrected chi connectivity index (χ4v) is 4.77. The SMILES string of the molecule is CCN(CC)CCCn1c(-c2cccc([N+](=O)[O-])c2)csc1=Nc1ccccc1C(C)C. The lowest BCUT2D eigenvalue weighted by Gasteiger charge is -2.18. The third kappa shape index (κ3) is 5.72. The normalized spacial score (nSPS) is 12.1. The number of benzene rings is 2. The van der Waals surface area contributed by atoms with E-state index in [1.165, 1.54) is 11.6 Å². The quantitative estimate of drug-likeness (QED) is 0.271. The molecular weight excluding hydrogens is 420 g/mol. The Morgan fingerprint density at radius 1 is 1.12 bits per heavy atom. The summed E-state index contributed by atoms with van der Waals surface area (Å²) >= 11 is 1.58. The topological polar surface area (TPSA) is 63.7 Å². The summed E-state index contributed by atoms with van der Waals surface area (Å²) in [6.45, 7) is 12.6. The van der Waals surface area contributed by atoms with E-state index in [0.717, 1.165) is 54.3 Å². The van der Waals surface area contributed by atoms with Crippen LogP contribution in [0.4, 0.5) is 11.4 Å². The molecular formula is C25H32N4O2S. The van der Waals surface area contributed by atoms with Crippen molar-refractivity contribution in [3.05, 3.63) is 74.4 Å². The fourth-order valence-electron chi connectivity index (χ4n) is 3.82. The Balaban J connectivity index is 2.06. The summed E-state index contributed by atoms with van der Waals surface area (Å²) in [5.74, 6) is 0.377. The van der Waals surface area contributed by atoms with Gasteiger partial charge < -0.3 is 9.47 Å². The van der Waals surface area contributed by atoms with E-state index >= 15 is 0 Å². The maximum Gasteiger partial charge on any atom is 0.270 e. The lowest BCUT2D eigenvalue weighted by atomic mass is 10.0. The second-order valence-corrected chi connectivity index (χ2v) is 8.90. The molecule has 3 aromatic rings. The molecule has 0 radical (unpaired) electrons. The molecule has 0 aliphatic carbocycles. The van der Waals surface area contributed by atoms with Crippen LogP contribution in [0.5, 0.6) is 0 Å². The summed E-state index contributed by atoms with van der Waals surface area (Å²) < 4.78 is 2.21. The zero-order chi connectivity index (χ0) is 23.1. The Morgan fingerprint density at radius 3 is 2.56 bits per heavy atom. The maximum atomic E-state index is 11.3. The van der Waals surface area contributed by atoms with Crippen molar-refractivity contribution in [1.82, 2.24) is 9.47 Å². The van der Waals surface area contributed by atoms with Gasteiger partial charge in [-0.1, -0.05) is 58.0 Å². The molecule has 0 N–H and O–H groups in total. The van der Waals surface area contributed by atoms with E-state index in [4.69, 9.17) is 4.99 Å². The molecule has 170 valence electrons. The number of rotatable bonds is 10. The first-order valence-electron chi connectivity index (χ1n) is 11.2. The van der Waals surface area contributed by atoms with Gasteiger partial charge in [-0.05, 0) is 43.6 Å². The van der Waals surface area contributed by atoms with Crippen LogP contribution in [0.15, 0.2) is 58.9 Å². The average Bonchev–Trinajstić information content (AvgIpc) is 3.19. The second kappa shape index (κ2) is 11.2. The van der Waals surface area contributed by atoms with Gasteiger partial charge in [-0.3, -0.25) is 10.1 Å². The highest BCUT2D eigenvalue weighted by Crippen LogP contribution is 2.28. The zero-order valence-corrected chi connectivity index (χ0v) is 20.1. The molecule has 0 saturated carbocycles. The monoisotopic (exact) mass is 452 g/mol. The van der Waals surface area contributed by atoms with Crippen molar-refractivity contribution in [2.24, 2.45) is 4.99 Å². The van der Waals surface area contributed by atoms with Gasteiger partial charge in [0, 0.05) is 29.6 Å². The molecule has 1 aromatic heterocycles. The fraction of sp³-hybridized carbons (Fsp3) is 0.400. The summed E-state index contributed by atoms with van der Waals surface area (Å²) in [5.41, 5.74) is 4.11. The predicted molar refractivity (Wildman–Crippen MR) is 133 cm³/mol. The van der Waals surface area contributed by atoms with Crippen LogP contribution in [0.2, 0.25) is 0 Å². The van der Waals surface area contributed by atoms with E-state index in [9.17, 15) is 10.1 Å². The molecule has 0 fully saturated rings. The number of hydrogen-bond donors (Lipinski definition) is 0. The molecule has 0 amide bonds. The van der Waals surface area contributed by atoms with E-state index in [2.05, 4.69) is 60.7 Å². The first kappa shape index (κ1) is 23.9.